The number of nitrogens with zero attached hydrogens (tertiary/aromatic N) is 4. The molecule has 1 saturated heterocycles. The molecule has 2 aromatic heterocycles. The number of aromatic nitrogens is 3. The van der Waals surface area contributed by atoms with Crippen LogP contribution in [0.1, 0.15) is 49.2 Å². The van der Waals surface area contributed by atoms with E-state index >= 15 is 0 Å². The van der Waals surface area contributed by atoms with Gasteiger partial charge in [-0.05, 0) is 62.4 Å². The lowest BCUT2D eigenvalue weighted by atomic mass is 9.79. The lowest BCUT2D eigenvalue weighted by molar-refractivity contribution is -0.130. The molecule has 1 aromatic carbocycles. The molecule has 7 heteroatoms. The Morgan fingerprint density at radius 2 is 1.94 bits per heavy atom. The Morgan fingerprint density at radius 1 is 1.15 bits per heavy atom. The zero-order valence-electron chi connectivity index (χ0n) is 19.5. The maximum absolute atomic E-state index is 13.3. The summed E-state index contributed by atoms with van der Waals surface area (Å²) in [6.45, 7) is 7.48. The van der Waals surface area contributed by atoms with Crippen LogP contribution in [0.5, 0.6) is 0 Å². The van der Waals surface area contributed by atoms with Crippen molar-refractivity contribution in [2.24, 2.45) is 5.41 Å². The molecule has 172 valence electrons. The smallest absolute Gasteiger partial charge is 0.257 e. The molecule has 0 spiro atoms. The first kappa shape index (κ1) is 22.7. The van der Waals surface area contributed by atoms with Crippen LogP contribution >= 0.6 is 0 Å². The van der Waals surface area contributed by atoms with Crippen molar-refractivity contribution in [3.05, 3.63) is 72.3 Å². The Morgan fingerprint density at radius 3 is 2.64 bits per heavy atom. The third-order valence-electron chi connectivity index (χ3n) is 6.32. The average molecular weight is 446 g/mol. The van der Waals surface area contributed by atoms with Crippen LogP contribution in [0.15, 0.2) is 61.2 Å². The van der Waals surface area contributed by atoms with Gasteiger partial charge in [0.1, 0.15) is 0 Å². The first-order valence-corrected chi connectivity index (χ1v) is 11.5. The van der Waals surface area contributed by atoms with Gasteiger partial charge in [-0.1, -0.05) is 24.3 Å². The number of carbonyl (C=O) groups excluding carboxylic acids is 2. The summed E-state index contributed by atoms with van der Waals surface area (Å²) in [7, 11) is 0. The number of rotatable bonds is 7. The zero-order valence-corrected chi connectivity index (χ0v) is 19.5. The van der Waals surface area contributed by atoms with E-state index in [4.69, 9.17) is 0 Å². The molecule has 1 aliphatic heterocycles. The summed E-state index contributed by atoms with van der Waals surface area (Å²) in [5.74, 6) is -0.0638. The predicted molar refractivity (Wildman–Crippen MR) is 128 cm³/mol. The molecule has 0 aliphatic carbocycles. The van der Waals surface area contributed by atoms with Gasteiger partial charge in [0.15, 0.2) is 0 Å². The van der Waals surface area contributed by atoms with Crippen LogP contribution in [0.3, 0.4) is 0 Å². The topological polar surface area (TPSA) is 80.1 Å². The van der Waals surface area contributed by atoms with Gasteiger partial charge < -0.3 is 10.2 Å². The van der Waals surface area contributed by atoms with Gasteiger partial charge in [0.25, 0.3) is 5.91 Å². The van der Waals surface area contributed by atoms with E-state index in [0.29, 0.717) is 38.0 Å². The van der Waals surface area contributed by atoms with Gasteiger partial charge in [-0.15, -0.1) is 0 Å². The molecule has 1 aliphatic rings. The zero-order chi connectivity index (χ0) is 23.4. The van der Waals surface area contributed by atoms with Crippen molar-refractivity contribution in [2.45, 2.75) is 39.7 Å². The molecule has 0 unspecified atom stereocenters. The van der Waals surface area contributed by atoms with Gasteiger partial charge in [-0.2, -0.15) is 5.10 Å². The summed E-state index contributed by atoms with van der Waals surface area (Å²) in [5, 5.41) is 7.31. The summed E-state index contributed by atoms with van der Waals surface area (Å²) >= 11 is 0. The molecule has 1 N–H and O–H groups in total. The van der Waals surface area contributed by atoms with Crippen LogP contribution in [0, 0.1) is 5.41 Å². The molecule has 7 nitrogen and oxygen atoms in total. The van der Waals surface area contributed by atoms with E-state index in [9.17, 15) is 9.59 Å². The third kappa shape index (κ3) is 4.82. The highest BCUT2D eigenvalue weighted by molar-refractivity contribution is 5.95. The monoisotopic (exact) mass is 445 g/mol. The minimum atomic E-state index is -0.656. The van der Waals surface area contributed by atoms with Crippen LogP contribution in [-0.4, -0.2) is 51.1 Å². The lowest BCUT2D eigenvalue weighted by Gasteiger charge is -2.28. The number of hydrogen-bond donors (Lipinski definition) is 1. The summed E-state index contributed by atoms with van der Waals surface area (Å²) in [6, 6.07) is 12.4. The summed E-state index contributed by atoms with van der Waals surface area (Å²) in [4.78, 5) is 32.3. The Balaban J connectivity index is 1.58. The van der Waals surface area contributed by atoms with Crippen molar-refractivity contribution < 1.29 is 9.59 Å². The Hall–Kier alpha value is -3.48. The molecule has 1 fully saturated rings. The summed E-state index contributed by atoms with van der Waals surface area (Å²) in [6.07, 6.45) is 8.17. The van der Waals surface area contributed by atoms with E-state index in [1.807, 2.05) is 39.0 Å². The molecule has 3 aromatic rings. The van der Waals surface area contributed by atoms with Crippen molar-refractivity contribution in [2.75, 3.05) is 19.6 Å². The predicted octanol–water partition coefficient (Wildman–Crippen LogP) is 3.74. The number of carbonyl (C=O) groups is 2. The summed E-state index contributed by atoms with van der Waals surface area (Å²) < 4.78 is 1.78. The molecule has 0 radical (unpaired) electrons. The maximum Gasteiger partial charge on any atom is 0.257 e. The maximum atomic E-state index is 13.3. The number of nitrogens with one attached hydrogen (secondary N) is 1. The fraction of sp³-hybridized carbons (Fsp3) is 0.385. The molecule has 0 saturated carbocycles. The van der Waals surface area contributed by atoms with E-state index in [-0.39, 0.29) is 17.9 Å². The van der Waals surface area contributed by atoms with Crippen LogP contribution < -0.4 is 5.32 Å². The molecule has 4 rings (SSSR count). The SMILES string of the molecule is CCNC(=O)[C@]1(Cc2cccc(-c3ccncc3)c2)CCN(C(=O)c2cnn(C(C)C)c2)C1. The van der Waals surface area contributed by atoms with E-state index in [2.05, 4.69) is 33.6 Å². The van der Waals surface area contributed by atoms with Gasteiger partial charge in [0.05, 0.1) is 17.2 Å². The normalized spacial score (nSPS) is 18.0. The number of likely N-dealkylation sites (tertiary alicyclic amines) is 1. The first-order valence-electron chi connectivity index (χ1n) is 11.5. The Labute approximate surface area is 194 Å². The highest BCUT2D eigenvalue weighted by Crippen LogP contribution is 2.36. The van der Waals surface area contributed by atoms with Crippen LogP contribution in [0.25, 0.3) is 11.1 Å². The summed E-state index contributed by atoms with van der Waals surface area (Å²) in [5.41, 5.74) is 3.17. The fourth-order valence-corrected chi connectivity index (χ4v) is 4.51. The second-order valence-corrected chi connectivity index (χ2v) is 9.03. The number of amides is 2. The second-order valence-electron chi connectivity index (χ2n) is 9.03. The molecule has 3 heterocycles. The van der Waals surface area contributed by atoms with E-state index in [1.165, 1.54) is 0 Å². The van der Waals surface area contributed by atoms with Gasteiger partial charge in [0, 0.05) is 44.3 Å². The van der Waals surface area contributed by atoms with Gasteiger partial charge in [0.2, 0.25) is 5.91 Å². The first-order chi connectivity index (χ1) is 15.9. The van der Waals surface area contributed by atoms with E-state index < -0.39 is 5.41 Å². The molecule has 0 bridgehead atoms. The van der Waals surface area contributed by atoms with Crippen molar-refractivity contribution in [3.63, 3.8) is 0 Å². The minimum absolute atomic E-state index is 0.00693. The fourth-order valence-electron chi connectivity index (χ4n) is 4.51. The largest absolute Gasteiger partial charge is 0.356 e. The third-order valence-corrected chi connectivity index (χ3v) is 6.32. The van der Waals surface area contributed by atoms with Crippen molar-refractivity contribution in [3.8, 4) is 11.1 Å². The van der Waals surface area contributed by atoms with Crippen molar-refractivity contribution in [1.29, 1.82) is 0 Å². The van der Waals surface area contributed by atoms with E-state index in [0.717, 1.165) is 16.7 Å². The molecular weight excluding hydrogens is 414 g/mol. The second kappa shape index (κ2) is 9.57. The molecular formula is C26H31N5O2. The van der Waals surface area contributed by atoms with Gasteiger partial charge in [-0.25, -0.2) is 0 Å². The van der Waals surface area contributed by atoms with Gasteiger partial charge in [-0.3, -0.25) is 19.3 Å². The molecule has 1 atom stereocenters. The highest BCUT2D eigenvalue weighted by atomic mass is 16.2. The van der Waals surface area contributed by atoms with Crippen LogP contribution in [0.2, 0.25) is 0 Å². The van der Waals surface area contributed by atoms with E-state index in [1.54, 1.807) is 34.4 Å². The van der Waals surface area contributed by atoms with Crippen LogP contribution in [-0.2, 0) is 11.2 Å². The number of pyridine rings is 1. The number of benzene rings is 1. The van der Waals surface area contributed by atoms with Crippen LogP contribution in [0.4, 0.5) is 0 Å². The lowest BCUT2D eigenvalue weighted by Crippen LogP contribution is -2.45. The van der Waals surface area contributed by atoms with Crippen molar-refractivity contribution in [1.82, 2.24) is 25.0 Å². The highest BCUT2D eigenvalue weighted by Gasteiger charge is 2.46. The Bertz CT molecular complexity index is 1120. The average Bonchev–Trinajstić information content (AvgIpc) is 3.48. The van der Waals surface area contributed by atoms with Gasteiger partial charge >= 0.3 is 0 Å². The minimum Gasteiger partial charge on any atom is -0.356 e. The molecule has 2 amide bonds. The van der Waals surface area contributed by atoms with Crippen molar-refractivity contribution >= 4 is 11.8 Å². The molecule has 33 heavy (non-hydrogen) atoms. The Kier molecular flexibility index (Phi) is 6.58. The number of hydrogen-bond acceptors (Lipinski definition) is 4. The quantitative estimate of drug-likeness (QED) is 0.601. The standard InChI is InChI=1S/C26H31N5O2/c1-4-28-25(33)26(15-20-6-5-7-22(14-20)21-8-11-27-12-9-21)10-13-30(18-26)24(32)23-16-29-31(17-23)19(2)3/h5-9,11-12,14,16-17,19H,4,10,13,15,18H2,1-3H3,(H,28,33)/t26-/m0/s1.